The van der Waals surface area contributed by atoms with E-state index in [9.17, 15) is 13.4 Å². The second-order valence-corrected chi connectivity index (χ2v) is 10.7. The van der Waals surface area contributed by atoms with Crippen LogP contribution in [0.3, 0.4) is 0 Å². The van der Waals surface area contributed by atoms with Gasteiger partial charge in [-0.05, 0) is 44.9 Å². The Kier molecular flexibility index (Phi) is 5.36. The normalized spacial score (nSPS) is 15.2. The molecule has 0 radical (unpaired) electrons. The Morgan fingerprint density at radius 2 is 1.85 bits per heavy atom. The van der Waals surface area contributed by atoms with Crippen molar-refractivity contribution in [3.63, 3.8) is 0 Å². The highest BCUT2D eigenvalue weighted by atomic mass is 35.5. The number of benzene rings is 1. The number of aromatic nitrogens is 4. The molecule has 4 aromatic rings. The first kappa shape index (κ1) is 22.2. The fourth-order valence-corrected chi connectivity index (χ4v) is 5.84. The summed E-state index contributed by atoms with van der Waals surface area (Å²) in [4.78, 5) is 6.47. The van der Waals surface area contributed by atoms with Gasteiger partial charge in [-0.25, -0.2) is 17.4 Å². The van der Waals surface area contributed by atoms with E-state index >= 15 is 0 Å². The van der Waals surface area contributed by atoms with Crippen molar-refractivity contribution >= 4 is 39.7 Å². The van der Waals surface area contributed by atoms with Crippen LogP contribution in [0.5, 0.6) is 0 Å². The van der Waals surface area contributed by atoms with Crippen molar-refractivity contribution in [2.45, 2.75) is 31.6 Å². The first-order valence-corrected chi connectivity index (χ1v) is 12.4. The summed E-state index contributed by atoms with van der Waals surface area (Å²) in [5, 5.41) is 15.4. The molecule has 1 aliphatic heterocycles. The van der Waals surface area contributed by atoms with Crippen LogP contribution in [0.1, 0.15) is 17.3 Å². The third-order valence-electron chi connectivity index (χ3n) is 6.15. The second kappa shape index (κ2) is 7.98. The first-order valence-electron chi connectivity index (χ1n) is 10.6. The van der Waals surface area contributed by atoms with E-state index in [0.717, 1.165) is 5.56 Å². The van der Waals surface area contributed by atoms with E-state index in [4.69, 9.17) is 11.6 Å². The highest BCUT2D eigenvalue weighted by Gasteiger charge is 2.34. The summed E-state index contributed by atoms with van der Waals surface area (Å²) in [6, 6.07) is 10.2. The van der Waals surface area contributed by atoms with Crippen molar-refractivity contribution in [1.82, 2.24) is 23.5 Å². The van der Waals surface area contributed by atoms with Crippen molar-refractivity contribution in [3.8, 4) is 11.3 Å². The largest absolute Gasteiger partial charge is 0.437 e. The molecule has 5 rings (SSSR count). The molecule has 8 nitrogen and oxygen atoms in total. The van der Waals surface area contributed by atoms with E-state index in [1.807, 2.05) is 29.5 Å². The molecule has 11 heteroatoms. The predicted octanol–water partition coefficient (Wildman–Crippen LogP) is 3.37. The SMILES string of the molecule is CB(O)N1CC(n2cc(-c3cc4c(Cl)ccnc4n3S(=O)(=O)c3ccc(C)cc3)c(C)n2)C1. The number of aryl methyl sites for hydroxylation is 2. The first-order chi connectivity index (χ1) is 15.7. The number of rotatable bonds is 5. The van der Waals surface area contributed by atoms with Gasteiger partial charge in [0.25, 0.3) is 10.0 Å². The molecule has 0 saturated carbocycles. The Morgan fingerprint density at radius 3 is 2.52 bits per heavy atom. The standard InChI is InChI=1S/C22H23BClN5O3S/c1-14-4-6-17(7-5-14)33(31,32)29-21(10-18-20(24)8-9-25-22(18)29)19-13-28(26-15(19)2)16-11-27(12-16)23(3)30/h4-10,13,16,30H,11-12H2,1-3H3. The molecule has 0 atom stereocenters. The minimum atomic E-state index is -3.96. The van der Waals surface area contributed by atoms with E-state index in [1.165, 1.54) is 10.2 Å². The van der Waals surface area contributed by atoms with Crippen molar-refractivity contribution in [3.05, 3.63) is 65.1 Å². The van der Waals surface area contributed by atoms with Crippen LogP contribution in [0, 0.1) is 13.8 Å². The molecule has 0 amide bonds. The zero-order chi connectivity index (χ0) is 23.5. The summed E-state index contributed by atoms with van der Waals surface area (Å²) in [7, 11) is -4.46. The molecular weight excluding hydrogens is 461 g/mol. The average Bonchev–Trinajstić information content (AvgIpc) is 3.28. The van der Waals surface area contributed by atoms with Gasteiger partial charge < -0.3 is 9.83 Å². The van der Waals surface area contributed by atoms with E-state index in [-0.39, 0.29) is 16.6 Å². The van der Waals surface area contributed by atoms with Crippen molar-refractivity contribution < 1.29 is 13.4 Å². The molecule has 1 aromatic carbocycles. The zero-order valence-electron chi connectivity index (χ0n) is 18.5. The van der Waals surface area contributed by atoms with Crippen LogP contribution < -0.4 is 0 Å². The van der Waals surface area contributed by atoms with Gasteiger partial charge >= 0.3 is 7.05 Å². The van der Waals surface area contributed by atoms with Gasteiger partial charge in [0, 0.05) is 36.4 Å². The van der Waals surface area contributed by atoms with Gasteiger partial charge in [-0.3, -0.25) is 4.68 Å². The minimum absolute atomic E-state index is 0.111. The molecule has 3 aromatic heterocycles. The lowest BCUT2D eigenvalue weighted by Crippen LogP contribution is -2.54. The summed E-state index contributed by atoms with van der Waals surface area (Å²) in [5.41, 5.74) is 3.09. The molecule has 1 aliphatic rings. The summed E-state index contributed by atoms with van der Waals surface area (Å²) in [6.45, 7) is 6.85. The van der Waals surface area contributed by atoms with Crippen LogP contribution in [-0.2, 0) is 10.0 Å². The van der Waals surface area contributed by atoms with E-state index < -0.39 is 17.1 Å². The van der Waals surface area contributed by atoms with Gasteiger partial charge in [0.15, 0.2) is 5.65 Å². The van der Waals surface area contributed by atoms with E-state index in [2.05, 4.69) is 10.1 Å². The number of nitrogens with zero attached hydrogens (tertiary/aromatic N) is 5. The molecule has 0 bridgehead atoms. The molecule has 1 fully saturated rings. The Balaban J connectivity index is 1.67. The third kappa shape index (κ3) is 3.67. The molecule has 0 aliphatic carbocycles. The highest BCUT2D eigenvalue weighted by Crippen LogP contribution is 2.36. The number of halogens is 1. The van der Waals surface area contributed by atoms with Crippen molar-refractivity contribution in [2.24, 2.45) is 0 Å². The minimum Gasteiger partial charge on any atom is -0.437 e. The summed E-state index contributed by atoms with van der Waals surface area (Å²) < 4.78 is 30.7. The second-order valence-electron chi connectivity index (χ2n) is 8.49. The molecular formula is C22H23BClN5O3S. The molecule has 0 spiro atoms. The Bertz CT molecular complexity index is 1460. The van der Waals surface area contributed by atoms with Gasteiger partial charge in [0.05, 0.1) is 27.3 Å². The lowest BCUT2D eigenvalue weighted by atomic mass is 9.80. The number of fused-ring (bicyclic) bond motifs is 1. The zero-order valence-corrected chi connectivity index (χ0v) is 20.0. The lowest BCUT2D eigenvalue weighted by Gasteiger charge is -2.40. The van der Waals surface area contributed by atoms with Crippen LogP contribution in [0.4, 0.5) is 0 Å². The summed E-state index contributed by atoms with van der Waals surface area (Å²) in [6.07, 6.45) is 3.37. The van der Waals surface area contributed by atoms with Crippen LogP contribution >= 0.6 is 11.6 Å². The number of hydrogen-bond donors (Lipinski definition) is 1. The summed E-state index contributed by atoms with van der Waals surface area (Å²) in [5.74, 6) is 0. The van der Waals surface area contributed by atoms with Gasteiger partial charge in [-0.1, -0.05) is 29.3 Å². The number of hydrogen-bond acceptors (Lipinski definition) is 6. The lowest BCUT2D eigenvalue weighted by molar-refractivity contribution is 0.168. The van der Waals surface area contributed by atoms with Crippen molar-refractivity contribution in [1.29, 1.82) is 0 Å². The third-order valence-corrected chi connectivity index (χ3v) is 8.20. The summed E-state index contributed by atoms with van der Waals surface area (Å²) >= 11 is 6.42. The number of pyridine rings is 1. The van der Waals surface area contributed by atoms with Gasteiger partial charge in [0.2, 0.25) is 0 Å². The molecule has 1 N–H and O–H groups in total. The fraction of sp³-hybridized carbons (Fsp3) is 0.273. The molecule has 1 saturated heterocycles. The Labute approximate surface area is 197 Å². The fourth-order valence-electron chi connectivity index (χ4n) is 4.17. The maximum Gasteiger partial charge on any atom is 0.376 e. The molecule has 4 heterocycles. The quantitative estimate of drug-likeness (QED) is 0.438. The average molecular weight is 484 g/mol. The van der Waals surface area contributed by atoms with E-state index in [1.54, 1.807) is 43.2 Å². The van der Waals surface area contributed by atoms with Gasteiger partial charge in [0.1, 0.15) is 0 Å². The molecule has 33 heavy (non-hydrogen) atoms. The Morgan fingerprint density at radius 1 is 1.15 bits per heavy atom. The molecule has 0 unspecified atom stereocenters. The topological polar surface area (TPSA) is 93.2 Å². The van der Waals surface area contributed by atoms with Crippen LogP contribution in [0.25, 0.3) is 22.3 Å². The van der Waals surface area contributed by atoms with Gasteiger partial charge in [-0.2, -0.15) is 5.10 Å². The molecule has 170 valence electrons. The maximum absolute atomic E-state index is 13.8. The van der Waals surface area contributed by atoms with Gasteiger partial charge in [-0.15, -0.1) is 0 Å². The predicted molar refractivity (Wildman–Crippen MR) is 129 cm³/mol. The van der Waals surface area contributed by atoms with Crippen LogP contribution in [0.2, 0.25) is 11.8 Å². The van der Waals surface area contributed by atoms with E-state index in [0.29, 0.717) is 40.4 Å². The maximum atomic E-state index is 13.8. The Hall–Kier alpha value is -2.66. The highest BCUT2D eigenvalue weighted by molar-refractivity contribution is 7.90. The van der Waals surface area contributed by atoms with Crippen LogP contribution in [-0.4, -0.2) is 57.1 Å². The van der Waals surface area contributed by atoms with Crippen LogP contribution in [0.15, 0.2) is 53.7 Å². The van der Waals surface area contributed by atoms with Crippen molar-refractivity contribution in [2.75, 3.05) is 13.1 Å². The smallest absolute Gasteiger partial charge is 0.376 e. The monoisotopic (exact) mass is 483 g/mol.